The molecular weight excluding hydrogens is 372 g/mol. The first-order valence-corrected chi connectivity index (χ1v) is 14.9. The van der Waals surface area contributed by atoms with Crippen molar-refractivity contribution in [3.05, 3.63) is 0 Å². The third-order valence-electron chi connectivity index (χ3n) is 10.4. The van der Waals surface area contributed by atoms with E-state index in [4.69, 9.17) is 0 Å². The lowest BCUT2D eigenvalue weighted by Crippen LogP contribution is -2.41. The quantitative estimate of drug-likeness (QED) is 0.256. The second kappa shape index (κ2) is 13.0. The Bertz CT molecular complexity index is 394. The maximum atomic E-state index is 2.68. The second-order valence-corrected chi connectivity index (χ2v) is 12.8. The van der Waals surface area contributed by atoms with Crippen LogP contribution in [0.4, 0.5) is 0 Å². The Balaban J connectivity index is 1.95. The molecule has 0 nitrogen and oxygen atoms in total. The summed E-state index contributed by atoms with van der Waals surface area (Å²) in [5.41, 5.74) is 1.98. The van der Waals surface area contributed by atoms with Crippen molar-refractivity contribution in [2.75, 3.05) is 0 Å². The molecule has 2 rings (SSSR count). The first-order valence-electron chi connectivity index (χ1n) is 14.9. The van der Waals surface area contributed by atoms with Crippen LogP contribution in [-0.2, 0) is 0 Å². The smallest absolute Gasteiger partial charge is 0.0297 e. The minimum absolute atomic E-state index is 0.559. The minimum atomic E-state index is 0.559. The van der Waals surface area contributed by atoms with E-state index in [0.717, 1.165) is 11.8 Å². The maximum Gasteiger partial charge on any atom is -0.0297 e. The van der Waals surface area contributed by atoms with Crippen LogP contribution in [0.5, 0.6) is 0 Å². The SMILES string of the molecule is CCCCC1(CCCC)CCC(C(C)(C)C2CCC(CCCC)(CCCC)CC2)CC1. The maximum absolute atomic E-state index is 2.68. The van der Waals surface area contributed by atoms with Crippen LogP contribution >= 0.6 is 0 Å². The van der Waals surface area contributed by atoms with Crippen LogP contribution in [0.1, 0.15) is 170 Å². The predicted octanol–water partition coefficient (Wildman–Crippen LogP) is 11.1. The molecule has 0 saturated heterocycles. The van der Waals surface area contributed by atoms with Crippen LogP contribution in [0.25, 0.3) is 0 Å². The molecule has 0 N–H and O–H groups in total. The predicted molar refractivity (Wildman–Crippen MR) is 141 cm³/mol. The molecule has 0 aliphatic heterocycles. The Labute approximate surface area is 198 Å². The molecule has 0 aromatic carbocycles. The van der Waals surface area contributed by atoms with Crippen molar-refractivity contribution < 1.29 is 0 Å². The van der Waals surface area contributed by atoms with Crippen molar-refractivity contribution in [3.8, 4) is 0 Å². The zero-order valence-electron chi connectivity index (χ0n) is 22.8. The van der Waals surface area contributed by atoms with Gasteiger partial charge in [-0.1, -0.05) is 92.9 Å². The Hall–Kier alpha value is 0. The van der Waals surface area contributed by atoms with Crippen LogP contribution < -0.4 is 0 Å². The van der Waals surface area contributed by atoms with Gasteiger partial charge in [-0.3, -0.25) is 0 Å². The van der Waals surface area contributed by atoms with Gasteiger partial charge in [0, 0.05) is 0 Å². The summed E-state index contributed by atoms with van der Waals surface area (Å²) in [4.78, 5) is 0. The molecule has 0 bridgehead atoms. The molecule has 0 aromatic rings. The molecule has 2 aliphatic rings. The summed E-state index contributed by atoms with van der Waals surface area (Å²) in [6, 6.07) is 0. The Morgan fingerprint density at radius 2 is 0.774 bits per heavy atom. The van der Waals surface area contributed by atoms with E-state index in [9.17, 15) is 0 Å². The van der Waals surface area contributed by atoms with Crippen LogP contribution in [0.3, 0.4) is 0 Å². The van der Waals surface area contributed by atoms with Gasteiger partial charge in [0.15, 0.2) is 0 Å². The monoisotopic (exact) mass is 432 g/mol. The van der Waals surface area contributed by atoms with Gasteiger partial charge in [-0.15, -0.1) is 0 Å². The van der Waals surface area contributed by atoms with Crippen LogP contribution in [0.2, 0.25) is 0 Å². The van der Waals surface area contributed by atoms with Crippen LogP contribution in [-0.4, -0.2) is 0 Å². The van der Waals surface area contributed by atoms with Gasteiger partial charge in [0.05, 0.1) is 0 Å². The van der Waals surface area contributed by atoms with E-state index >= 15 is 0 Å². The minimum Gasteiger partial charge on any atom is -0.0654 e. The molecule has 2 fully saturated rings. The molecule has 0 radical (unpaired) electrons. The highest BCUT2D eigenvalue weighted by Crippen LogP contribution is 2.56. The summed E-state index contributed by atoms with van der Waals surface area (Å²) in [5, 5.41) is 0. The van der Waals surface area contributed by atoms with Gasteiger partial charge in [0.25, 0.3) is 0 Å². The third-order valence-corrected chi connectivity index (χ3v) is 10.4. The molecule has 184 valence electrons. The van der Waals surface area contributed by atoms with Gasteiger partial charge >= 0.3 is 0 Å². The van der Waals surface area contributed by atoms with Gasteiger partial charge in [0.2, 0.25) is 0 Å². The van der Waals surface area contributed by atoms with E-state index in [0.29, 0.717) is 16.2 Å². The fourth-order valence-corrected chi connectivity index (χ4v) is 7.74. The van der Waals surface area contributed by atoms with Crippen molar-refractivity contribution in [2.45, 2.75) is 170 Å². The van der Waals surface area contributed by atoms with Gasteiger partial charge in [-0.25, -0.2) is 0 Å². The Morgan fingerprint density at radius 3 is 1.00 bits per heavy atom. The molecule has 0 amide bonds. The number of unbranched alkanes of at least 4 members (excludes halogenated alkanes) is 4. The van der Waals surface area contributed by atoms with Gasteiger partial charge in [0.1, 0.15) is 0 Å². The van der Waals surface area contributed by atoms with Gasteiger partial charge in [-0.2, -0.15) is 0 Å². The van der Waals surface area contributed by atoms with Gasteiger partial charge in [-0.05, 0) is 105 Å². The van der Waals surface area contributed by atoms with Gasteiger partial charge < -0.3 is 0 Å². The first kappa shape index (κ1) is 27.2. The number of hydrogen-bond donors (Lipinski definition) is 0. The average Bonchev–Trinajstić information content (AvgIpc) is 2.79. The summed E-state index contributed by atoms with van der Waals surface area (Å²) in [5.74, 6) is 1.96. The molecule has 0 aromatic heterocycles. The van der Waals surface area contributed by atoms with Crippen molar-refractivity contribution >= 4 is 0 Å². The Kier molecular flexibility index (Phi) is 11.5. The summed E-state index contributed by atoms with van der Waals surface area (Å²) in [7, 11) is 0. The molecular formula is C31H60. The first-order chi connectivity index (χ1) is 14.9. The lowest BCUT2D eigenvalue weighted by Gasteiger charge is -2.51. The lowest BCUT2D eigenvalue weighted by atomic mass is 9.54. The van der Waals surface area contributed by atoms with Crippen LogP contribution in [0.15, 0.2) is 0 Å². The van der Waals surface area contributed by atoms with E-state index in [-0.39, 0.29) is 0 Å². The van der Waals surface area contributed by atoms with Crippen molar-refractivity contribution in [1.29, 1.82) is 0 Å². The van der Waals surface area contributed by atoms with E-state index in [1.807, 2.05) is 0 Å². The standard InChI is InChI=1S/C31H60/c1-7-11-19-30(20-12-8-2)23-15-27(16-24-30)29(5,6)28-17-25-31(26-18-28,21-13-9-3)22-14-10-4/h27-28H,7-26H2,1-6H3. The molecule has 0 atom stereocenters. The van der Waals surface area contributed by atoms with E-state index in [1.54, 1.807) is 0 Å². The lowest BCUT2D eigenvalue weighted by molar-refractivity contribution is -0.00727. The summed E-state index contributed by atoms with van der Waals surface area (Å²) < 4.78 is 0. The molecule has 0 spiro atoms. The normalized spacial score (nSPS) is 22.6. The second-order valence-electron chi connectivity index (χ2n) is 12.8. The highest BCUT2D eigenvalue weighted by molar-refractivity contribution is 4.96. The number of hydrogen-bond acceptors (Lipinski definition) is 0. The molecule has 0 heterocycles. The molecule has 0 unspecified atom stereocenters. The zero-order valence-corrected chi connectivity index (χ0v) is 22.8. The highest BCUT2D eigenvalue weighted by Gasteiger charge is 2.45. The topological polar surface area (TPSA) is 0 Å². The van der Waals surface area contributed by atoms with Crippen LogP contribution in [0, 0.1) is 28.1 Å². The average molecular weight is 433 g/mol. The summed E-state index contributed by atoms with van der Waals surface area (Å²) in [6.07, 6.45) is 29.6. The van der Waals surface area contributed by atoms with E-state index in [1.165, 1.54) is 128 Å². The fraction of sp³-hybridized carbons (Fsp3) is 1.00. The highest BCUT2D eigenvalue weighted by atomic mass is 14.5. The number of rotatable bonds is 14. The largest absolute Gasteiger partial charge is 0.0654 e. The molecule has 0 heteroatoms. The van der Waals surface area contributed by atoms with Crippen molar-refractivity contribution in [2.24, 2.45) is 28.1 Å². The van der Waals surface area contributed by atoms with E-state index in [2.05, 4.69) is 41.5 Å². The molecule has 31 heavy (non-hydrogen) atoms. The Morgan fingerprint density at radius 1 is 0.516 bits per heavy atom. The zero-order chi connectivity index (χ0) is 22.8. The fourth-order valence-electron chi connectivity index (χ4n) is 7.74. The van der Waals surface area contributed by atoms with E-state index < -0.39 is 0 Å². The van der Waals surface area contributed by atoms with Crippen molar-refractivity contribution in [1.82, 2.24) is 0 Å². The summed E-state index contributed by atoms with van der Waals surface area (Å²) in [6.45, 7) is 14.9. The van der Waals surface area contributed by atoms with Crippen molar-refractivity contribution in [3.63, 3.8) is 0 Å². The molecule has 2 aliphatic carbocycles. The summed E-state index contributed by atoms with van der Waals surface area (Å²) >= 11 is 0. The molecule has 2 saturated carbocycles. The third kappa shape index (κ3) is 7.50.